The van der Waals surface area contributed by atoms with Crippen molar-refractivity contribution in [3.05, 3.63) is 28.4 Å². The molecule has 1 aromatic heterocycles. The van der Waals surface area contributed by atoms with Crippen LogP contribution in [-0.4, -0.2) is 33.5 Å². The molecule has 1 heterocycles. The quantitative estimate of drug-likeness (QED) is 0.843. The highest BCUT2D eigenvalue weighted by Gasteiger charge is 2.21. The summed E-state index contributed by atoms with van der Waals surface area (Å²) in [7, 11) is 0. The second kappa shape index (κ2) is 6.30. The molecule has 1 aliphatic carbocycles. The SMILES string of the molecule is CC(C)OCC(O)Cn1cnc(C2CCC2)cc1=O. The fourth-order valence-electron chi connectivity index (χ4n) is 2.09. The molecule has 0 spiro atoms. The molecule has 0 aromatic carbocycles. The number of nitrogens with zero attached hydrogens (tertiary/aromatic N) is 2. The summed E-state index contributed by atoms with van der Waals surface area (Å²) in [6, 6.07) is 1.60. The minimum Gasteiger partial charge on any atom is -0.389 e. The number of ether oxygens (including phenoxy) is 1. The molecular weight excluding hydrogens is 244 g/mol. The van der Waals surface area contributed by atoms with Crippen molar-refractivity contribution in [2.75, 3.05) is 6.61 Å². The first kappa shape index (κ1) is 14.2. The molecular formula is C14H22N2O3. The van der Waals surface area contributed by atoms with E-state index in [2.05, 4.69) is 4.98 Å². The van der Waals surface area contributed by atoms with Gasteiger partial charge < -0.3 is 9.84 Å². The lowest BCUT2D eigenvalue weighted by atomic mass is 9.83. The average molecular weight is 266 g/mol. The van der Waals surface area contributed by atoms with E-state index in [4.69, 9.17) is 4.74 Å². The van der Waals surface area contributed by atoms with E-state index in [-0.39, 0.29) is 24.8 Å². The van der Waals surface area contributed by atoms with Gasteiger partial charge in [-0.3, -0.25) is 9.36 Å². The highest BCUT2D eigenvalue weighted by molar-refractivity contribution is 5.09. The summed E-state index contributed by atoms with van der Waals surface area (Å²) >= 11 is 0. The van der Waals surface area contributed by atoms with Gasteiger partial charge in [-0.05, 0) is 26.7 Å². The first-order valence-corrected chi connectivity index (χ1v) is 6.92. The number of hydrogen-bond acceptors (Lipinski definition) is 4. The van der Waals surface area contributed by atoms with Crippen LogP contribution in [0.5, 0.6) is 0 Å². The maximum Gasteiger partial charge on any atom is 0.253 e. The van der Waals surface area contributed by atoms with Crippen LogP contribution in [0.15, 0.2) is 17.2 Å². The van der Waals surface area contributed by atoms with Gasteiger partial charge in [-0.2, -0.15) is 0 Å². The van der Waals surface area contributed by atoms with Crippen LogP contribution in [-0.2, 0) is 11.3 Å². The lowest BCUT2D eigenvalue weighted by molar-refractivity contribution is -0.00119. The minimum absolute atomic E-state index is 0.0745. The van der Waals surface area contributed by atoms with Gasteiger partial charge in [0, 0.05) is 12.0 Å². The lowest BCUT2D eigenvalue weighted by Crippen LogP contribution is -2.30. The van der Waals surface area contributed by atoms with Gasteiger partial charge in [0.1, 0.15) is 0 Å². The first-order valence-electron chi connectivity index (χ1n) is 6.92. The van der Waals surface area contributed by atoms with E-state index < -0.39 is 6.10 Å². The van der Waals surface area contributed by atoms with Gasteiger partial charge in [0.25, 0.3) is 5.56 Å². The van der Waals surface area contributed by atoms with Crippen LogP contribution in [0.25, 0.3) is 0 Å². The van der Waals surface area contributed by atoms with Crippen LogP contribution < -0.4 is 5.56 Å². The molecule has 0 radical (unpaired) electrons. The molecule has 19 heavy (non-hydrogen) atoms. The Balaban J connectivity index is 1.94. The summed E-state index contributed by atoms with van der Waals surface area (Å²) in [5.41, 5.74) is 0.793. The van der Waals surface area contributed by atoms with Crippen LogP contribution in [0.3, 0.4) is 0 Å². The summed E-state index contributed by atoms with van der Waals surface area (Å²) < 4.78 is 6.76. The van der Waals surface area contributed by atoms with Crippen LogP contribution in [0.2, 0.25) is 0 Å². The Morgan fingerprint density at radius 1 is 1.53 bits per heavy atom. The molecule has 5 heteroatoms. The molecule has 1 N–H and O–H groups in total. The molecule has 1 saturated carbocycles. The number of aromatic nitrogens is 2. The van der Waals surface area contributed by atoms with Crippen LogP contribution in [0, 0.1) is 0 Å². The molecule has 2 rings (SSSR count). The monoisotopic (exact) mass is 266 g/mol. The zero-order chi connectivity index (χ0) is 13.8. The van der Waals surface area contributed by atoms with Gasteiger partial charge in [0.2, 0.25) is 0 Å². The molecule has 1 atom stereocenters. The first-order chi connectivity index (χ1) is 9.06. The summed E-state index contributed by atoms with van der Waals surface area (Å²) in [4.78, 5) is 16.2. The number of aliphatic hydroxyl groups excluding tert-OH is 1. The zero-order valence-electron chi connectivity index (χ0n) is 11.6. The molecule has 0 saturated heterocycles. The van der Waals surface area contributed by atoms with Gasteiger partial charge in [0.05, 0.1) is 37.4 Å². The maximum atomic E-state index is 11.9. The Bertz CT molecular complexity index is 466. The largest absolute Gasteiger partial charge is 0.389 e. The predicted molar refractivity (Wildman–Crippen MR) is 72.2 cm³/mol. The van der Waals surface area contributed by atoms with E-state index in [0.29, 0.717) is 5.92 Å². The van der Waals surface area contributed by atoms with Crippen molar-refractivity contribution in [3.63, 3.8) is 0 Å². The Kier molecular flexibility index (Phi) is 4.71. The van der Waals surface area contributed by atoms with E-state index in [0.717, 1.165) is 18.5 Å². The van der Waals surface area contributed by atoms with Crippen LogP contribution in [0.1, 0.15) is 44.7 Å². The number of aliphatic hydroxyl groups is 1. The van der Waals surface area contributed by atoms with Crippen molar-refractivity contribution < 1.29 is 9.84 Å². The molecule has 0 amide bonds. The Labute approximate surface area is 113 Å². The van der Waals surface area contributed by atoms with Crippen molar-refractivity contribution >= 4 is 0 Å². The second-order valence-electron chi connectivity index (χ2n) is 5.47. The molecule has 1 fully saturated rings. The molecule has 0 aliphatic heterocycles. The highest BCUT2D eigenvalue weighted by atomic mass is 16.5. The zero-order valence-corrected chi connectivity index (χ0v) is 11.6. The van der Waals surface area contributed by atoms with E-state index in [1.807, 2.05) is 13.8 Å². The molecule has 1 unspecified atom stereocenters. The molecule has 106 valence electrons. The van der Waals surface area contributed by atoms with E-state index >= 15 is 0 Å². The van der Waals surface area contributed by atoms with Gasteiger partial charge in [-0.1, -0.05) is 6.42 Å². The summed E-state index contributed by atoms with van der Waals surface area (Å²) in [6.45, 7) is 4.28. The van der Waals surface area contributed by atoms with Crippen molar-refractivity contribution in [1.29, 1.82) is 0 Å². The molecule has 1 aromatic rings. The Morgan fingerprint density at radius 3 is 2.79 bits per heavy atom. The highest BCUT2D eigenvalue weighted by Crippen LogP contribution is 2.34. The third-order valence-electron chi connectivity index (χ3n) is 3.45. The third-order valence-corrected chi connectivity index (χ3v) is 3.45. The molecule has 0 bridgehead atoms. The lowest BCUT2D eigenvalue weighted by Gasteiger charge is -2.24. The Morgan fingerprint density at radius 2 is 2.26 bits per heavy atom. The normalized spacial score (nSPS) is 17.5. The van der Waals surface area contributed by atoms with Crippen molar-refractivity contribution in [2.45, 2.75) is 57.8 Å². The fourth-order valence-corrected chi connectivity index (χ4v) is 2.09. The third kappa shape index (κ3) is 3.88. The topological polar surface area (TPSA) is 64.3 Å². The average Bonchev–Trinajstić information content (AvgIpc) is 2.28. The van der Waals surface area contributed by atoms with Gasteiger partial charge >= 0.3 is 0 Å². The van der Waals surface area contributed by atoms with Crippen molar-refractivity contribution in [2.24, 2.45) is 0 Å². The summed E-state index contributed by atoms with van der Waals surface area (Å²) in [5.74, 6) is 0.455. The van der Waals surface area contributed by atoms with Crippen molar-refractivity contribution in [3.8, 4) is 0 Å². The molecule has 5 nitrogen and oxygen atoms in total. The number of hydrogen-bond donors (Lipinski definition) is 1. The Hall–Kier alpha value is -1.20. The van der Waals surface area contributed by atoms with Gasteiger partial charge in [-0.25, -0.2) is 4.98 Å². The van der Waals surface area contributed by atoms with Gasteiger partial charge in [-0.15, -0.1) is 0 Å². The van der Waals surface area contributed by atoms with Crippen LogP contribution >= 0.6 is 0 Å². The number of rotatable bonds is 6. The van der Waals surface area contributed by atoms with Gasteiger partial charge in [0.15, 0.2) is 0 Å². The summed E-state index contributed by atoms with van der Waals surface area (Å²) in [6.07, 6.45) is 4.40. The maximum absolute atomic E-state index is 11.9. The van der Waals surface area contributed by atoms with Crippen LogP contribution in [0.4, 0.5) is 0 Å². The summed E-state index contributed by atoms with van der Waals surface area (Å²) in [5, 5.41) is 9.80. The smallest absolute Gasteiger partial charge is 0.253 e. The predicted octanol–water partition coefficient (Wildman–Crippen LogP) is 1.30. The van der Waals surface area contributed by atoms with E-state index in [1.54, 1.807) is 6.07 Å². The minimum atomic E-state index is -0.684. The molecule has 1 aliphatic rings. The second-order valence-corrected chi connectivity index (χ2v) is 5.47. The van der Waals surface area contributed by atoms with E-state index in [1.165, 1.54) is 17.3 Å². The van der Waals surface area contributed by atoms with Crippen molar-refractivity contribution in [1.82, 2.24) is 9.55 Å². The van der Waals surface area contributed by atoms with E-state index in [9.17, 15) is 9.90 Å². The fraction of sp³-hybridized carbons (Fsp3) is 0.714. The standard InChI is InChI=1S/C14H22N2O3/c1-10(2)19-8-12(17)7-16-9-15-13(6-14(16)18)11-4-3-5-11/h6,9-12,17H,3-5,7-8H2,1-2H3.